The second-order valence-corrected chi connectivity index (χ2v) is 13.6. The van der Waals surface area contributed by atoms with E-state index in [0.717, 1.165) is 34.0 Å². The molecule has 0 spiro atoms. The zero-order valence-corrected chi connectivity index (χ0v) is 25.2. The van der Waals surface area contributed by atoms with Crippen molar-refractivity contribution in [3.05, 3.63) is 104 Å². The fraction of sp³-hybridized carbons (Fsp3) is 0.400. The van der Waals surface area contributed by atoms with Crippen molar-refractivity contribution in [1.82, 2.24) is 0 Å². The number of benzene rings is 2. The lowest BCUT2D eigenvalue weighted by atomic mass is 9.87. The molecular weight excluding hydrogens is 507 g/mol. The Bertz CT molecular complexity index is 1250. The van der Waals surface area contributed by atoms with Crippen molar-refractivity contribution in [3.63, 3.8) is 0 Å². The predicted octanol–water partition coefficient (Wildman–Crippen LogP) is 10.6. The van der Waals surface area contributed by atoms with Crippen LogP contribution < -0.4 is 0 Å². The van der Waals surface area contributed by atoms with E-state index in [4.69, 9.17) is 23.2 Å². The van der Waals surface area contributed by atoms with Gasteiger partial charge in [-0.15, -0.1) is 0 Å². The van der Waals surface area contributed by atoms with Crippen LogP contribution in [0.3, 0.4) is 0 Å². The highest BCUT2D eigenvalue weighted by atomic mass is 35.5. The molecule has 0 saturated heterocycles. The maximum Gasteiger partial charge on any atom is 0.133 e. The molecule has 0 atom stereocenters. The van der Waals surface area contributed by atoms with E-state index in [1.165, 1.54) is 33.4 Å². The van der Waals surface area contributed by atoms with E-state index < -0.39 is 0 Å². The third kappa shape index (κ3) is 6.99. The van der Waals surface area contributed by atoms with Crippen molar-refractivity contribution in [2.75, 3.05) is 0 Å². The van der Waals surface area contributed by atoms with Gasteiger partial charge in [-0.05, 0) is 105 Å². The minimum Gasteiger partial charge on any atom is -0.300 e. The van der Waals surface area contributed by atoms with E-state index in [1.807, 2.05) is 24.3 Å². The quantitative estimate of drug-likeness (QED) is 0.321. The molecule has 1 nitrogen and oxygen atoms in total. The van der Waals surface area contributed by atoms with Crippen LogP contribution in [0.1, 0.15) is 89.5 Å². The van der Waals surface area contributed by atoms with Gasteiger partial charge in [-0.1, -0.05) is 101 Å². The highest BCUT2D eigenvalue weighted by Gasteiger charge is 2.22. The third-order valence-electron chi connectivity index (χ3n) is 7.65. The monoisotopic (exact) mass is 546 g/mol. The third-order valence-corrected chi connectivity index (χ3v) is 8.12. The minimum absolute atomic E-state index is 0.127. The molecule has 0 bridgehead atoms. The summed E-state index contributed by atoms with van der Waals surface area (Å²) in [5, 5.41) is 1.44. The minimum atomic E-state index is 0.127. The summed E-state index contributed by atoms with van der Waals surface area (Å²) >= 11 is 12.7. The molecule has 0 N–H and O–H groups in total. The van der Waals surface area contributed by atoms with Crippen LogP contribution in [0.4, 0.5) is 0 Å². The van der Waals surface area contributed by atoms with E-state index in [0.29, 0.717) is 25.7 Å². The summed E-state index contributed by atoms with van der Waals surface area (Å²) in [6.45, 7) is 13.5. The Morgan fingerprint density at radius 2 is 1.08 bits per heavy atom. The molecule has 0 aromatic heterocycles. The first-order valence-electron chi connectivity index (χ1n) is 13.7. The van der Waals surface area contributed by atoms with Crippen molar-refractivity contribution in [3.8, 4) is 0 Å². The number of allylic oxidation sites excluding steroid dienone is 8. The maximum absolute atomic E-state index is 13.1. The van der Waals surface area contributed by atoms with Crippen molar-refractivity contribution in [2.24, 2.45) is 10.8 Å². The SMILES string of the molecule is CC(C)(C)C1=CCC(c2ccc(Cl)cc2CCC(=O)CCc2cc(Cl)ccc2C2=CC(C(C)(C)C)=CC2)=C1. The van der Waals surface area contributed by atoms with Crippen LogP contribution in [0, 0.1) is 10.8 Å². The van der Waals surface area contributed by atoms with E-state index in [-0.39, 0.29) is 16.6 Å². The Kier molecular flexibility index (Phi) is 8.60. The Morgan fingerprint density at radius 1 is 0.684 bits per heavy atom. The molecule has 2 aliphatic rings. The number of ketones is 1. The molecule has 4 rings (SSSR count). The van der Waals surface area contributed by atoms with E-state index in [9.17, 15) is 4.79 Å². The summed E-state index contributed by atoms with van der Waals surface area (Å²) in [6, 6.07) is 12.2. The number of Topliss-reactive ketones (excluding diaryl/α,β-unsaturated/α-hetero) is 1. The molecule has 2 aromatic carbocycles. The fourth-order valence-electron chi connectivity index (χ4n) is 5.31. The fourth-order valence-corrected chi connectivity index (χ4v) is 5.70. The van der Waals surface area contributed by atoms with Gasteiger partial charge in [-0.25, -0.2) is 0 Å². The van der Waals surface area contributed by atoms with Gasteiger partial charge in [0.2, 0.25) is 0 Å². The zero-order valence-electron chi connectivity index (χ0n) is 23.7. The topological polar surface area (TPSA) is 17.1 Å². The molecule has 2 aliphatic carbocycles. The van der Waals surface area contributed by atoms with Crippen LogP contribution in [0.5, 0.6) is 0 Å². The molecular formula is C35H40Cl2O. The molecule has 38 heavy (non-hydrogen) atoms. The second kappa shape index (κ2) is 11.4. The normalized spacial score (nSPS) is 15.8. The average molecular weight is 548 g/mol. The number of aryl methyl sites for hydroxylation is 2. The number of hydrogen-bond donors (Lipinski definition) is 0. The number of halogens is 2. The molecule has 0 fully saturated rings. The molecule has 0 unspecified atom stereocenters. The highest BCUT2D eigenvalue weighted by Crippen LogP contribution is 2.39. The number of hydrogen-bond acceptors (Lipinski definition) is 1. The molecule has 0 heterocycles. The second-order valence-electron chi connectivity index (χ2n) is 12.7. The lowest BCUT2D eigenvalue weighted by Crippen LogP contribution is -2.06. The maximum atomic E-state index is 13.1. The van der Waals surface area contributed by atoms with Gasteiger partial charge in [0.05, 0.1) is 0 Å². The Hall–Kier alpha value is -2.35. The first kappa shape index (κ1) is 28.7. The average Bonchev–Trinajstić information content (AvgIpc) is 3.52. The van der Waals surface area contributed by atoms with Gasteiger partial charge in [-0.2, -0.15) is 0 Å². The van der Waals surface area contributed by atoms with Gasteiger partial charge >= 0.3 is 0 Å². The van der Waals surface area contributed by atoms with E-state index in [2.05, 4.69) is 78.0 Å². The van der Waals surface area contributed by atoms with Crippen molar-refractivity contribution in [1.29, 1.82) is 0 Å². The van der Waals surface area contributed by atoms with Crippen LogP contribution in [0.25, 0.3) is 11.1 Å². The molecule has 0 aliphatic heterocycles. The van der Waals surface area contributed by atoms with Gasteiger partial charge < -0.3 is 0 Å². The molecule has 0 amide bonds. The first-order chi connectivity index (χ1) is 17.8. The van der Waals surface area contributed by atoms with E-state index in [1.54, 1.807) is 0 Å². The van der Waals surface area contributed by atoms with Crippen molar-refractivity contribution >= 4 is 40.1 Å². The van der Waals surface area contributed by atoms with Gasteiger partial charge in [0, 0.05) is 22.9 Å². The van der Waals surface area contributed by atoms with Gasteiger partial charge in [0.1, 0.15) is 5.78 Å². The summed E-state index contributed by atoms with van der Waals surface area (Å²) in [5.41, 5.74) is 10.3. The molecule has 0 saturated carbocycles. The summed E-state index contributed by atoms with van der Waals surface area (Å²) in [5.74, 6) is 0.268. The standard InChI is InChI=1S/C35H40Cl2O/c1-34(2,3)27-11-7-23(19-27)32-17-13-29(36)21-25(32)9-15-31(38)16-10-26-22-30(37)14-18-33(26)24-8-12-28(20-24)35(4,5)6/h11-14,17-22H,7-10,15-16H2,1-6H3. The van der Waals surface area contributed by atoms with Crippen LogP contribution >= 0.6 is 23.2 Å². The van der Waals surface area contributed by atoms with Crippen molar-refractivity contribution < 1.29 is 4.79 Å². The van der Waals surface area contributed by atoms with Gasteiger partial charge in [0.15, 0.2) is 0 Å². The molecule has 0 radical (unpaired) electrons. The molecule has 200 valence electrons. The van der Waals surface area contributed by atoms with Crippen LogP contribution in [-0.4, -0.2) is 5.78 Å². The van der Waals surface area contributed by atoms with Crippen LogP contribution in [0.2, 0.25) is 10.0 Å². The molecule has 2 aromatic rings. The number of rotatable bonds is 8. The van der Waals surface area contributed by atoms with Crippen molar-refractivity contribution in [2.45, 2.75) is 80.1 Å². The van der Waals surface area contributed by atoms with Gasteiger partial charge in [-0.3, -0.25) is 4.79 Å². The predicted molar refractivity (Wildman–Crippen MR) is 165 cm³/mol. The molecule has 3 heteroatoms. The lowest BCUT2D eigenvalue weighted by molar-refractivity contribution is -0.119. The van der Waals surface area contributed by atoms with Crippen LogP contribution in [-0.2, 0) is 17.6 Å². The Morgan fingerprint density at radius 3 is 1.42 bits per heavy atom. The summed E-state index contributed by atoms with van der Waals surface area (Å²) in [6.07, 6.45) is 13.5. The van der Waals surface area contributed by atoms with Gasteiger partial charge in [0.25, 0.3) is 0 Å². The highest BCUT2D eigenvalue weighted by molar-refractivity contribution is 6.31. The zero-order chi connectivity index (χ0) is 27.7. The summed E-state index contributed by atoms with van der Waals surface area (Å²) in [4.78, 5) is 13.1. The Balaban J connectivity index is 1.43. The Labute approximate surface area is 239 Å². The summed E-state index contributed by atoms with van der Waals surface area (Å²) < 4.78 is 0. The first-order valence-corrected chi connectivity index (χ1v) is 14.5. The largest absolute Gasteiger partial charge is 0.300 e. The lowest BCUT2D eigenvalue weighted by Gasteiger charge is -2.18. The smallest absolute Gasteiger partial charge is 0.133 e. The number of carbonyl (C=O) groups is 1. The number of carbonyl (C=O) groups excluding carboxylic acids is 1. The van der Waals surface area contributed by atoms with E-state index >= 15 is 0 Å². The summed E-state index contributed by atoms with van der Waals surface area (Å²) in [7, 11) is 0. The van der Waals surface area contributed by atoms with Crippen LogP contribution in [0.15, 0.2) is 71.8 Å².